The van der Waals surface area contributed by atoms with Crippen LogP contribution >= 0.6 is 11.3 Å². The second kappa shape index (κ2) is 12.3. The summed E-state index contributed by atoms with van der Waals surface area (Å²) in [5, 5.41) is 11.9. The zero-order chi connectivity index (χ0) is 30.8. The lowest BCUT2D eigenvalue weighted by molar-refractivity contribution is -0.132. The van der Waals surface area contributed by atoms with E-state index in [2.05, 4.69) is 16.9 Å². The molecule has 12 heteroatoms. The molecule has 0 spiro atoms. The van der Waals surface area contributed by atoms with Crippen molar-refractivity contribution in [2.45, 2.75) is 46.1 Å². The summed E-state index contributed by atoms with van der Waals surface area (Å²) in [6, 6.07) is 9.37. The molecule has 1 amide bonds. The quantitative estimate of drug-likeness (QED) is 0.0831. The molecule has 1 fully saturated rings. The van der Waals surface area contributed by atoms with Crippen molar-refractivity contribution in [1.82, 2.24) is 14.4 Å². The fourth-order valence-electron chi connectivity index (χ4n) is 5.15. The highest BCUT2D eigenvalue weighted by Crippen LogP contribution is 2.46. The third-order valence-electron chi connectivity index (χ3n) is 7.24. The standard InChI is InChI=1S/C31H32N4O7S/c1-6-7-10-15-42-20-13-12-19(16-21(20)40-4)25-23(26(36)24-17(2)32-22-11-8-9-14-34(22)24)27(37)29(38)35(25)31-33-18(3)28(43-31)30(39)41-5/h8-9,11-14,16,25,36H,6-7,10,15H2,1-5H3. The minimum Gasteiger partial charge on any atom is -0.505 e. The number of nitrogens with zero attached hydrogens (tertiary/aromatic N) is 4. The van der Waals surface area contributed by atoms with Crippen molar-refractivity contribution in [2.75, 3.05) is 25.7 Å². The largest absolute Gasteiger partial charge is 0.505 e. The summed E-state index contributed by atoms with van der Waals surface area (Å²) in [6.07, 6.45) is 4.68. The van der Waals surface area contributed by atoms with E-state index in [1.165, 1.54) is 19.1 Å². The maximum Gasteiger partial charge on any atom is 0.350 e. The number of benzene rings is 1. The molecule has 3 aromatic heterocycles. The maximum absolute atomic E-state index is 13.8. The number of imidazole rings is 1. The number of fused-ring (bicyclic) bond motifs is 1. The van der Waals surface area contributed by atoms with Crippen LogP contribution in [0.5, 0.6) is 11.5 Å². The molecule has 1 unspecified atom stereocenters. The predicted octanol–water partition coefficient (Wildman–Crippen LogP) is 5.40. The maximum atomic E-state index is 13.8. The second-order valence-corrected chi connectivity index (χ2v) is 11.0. The molecule has 0 saturated carbocycles. The first-order chi connectivity index (χ1) is 20.7. The van der Waals surface area contributed by atoms with Crippen LogP contribution in [0.4, 0.5) is 5.13 Å². The zero-order valence-corrected chi connectivity index (χ0v) is 25.4. The lowest BCUT2D eigenvalue weighted by Crippen LogP contribution is -2.29. The molecule has 0 radical (unpaired) electrons. The van der Waals surface area contributed by atoms with Crippen molar-refractivity contribution in [3.8, 4) is 11.5 Å². The molecule has 1 N–H and O–H groups in total. The smallest absolute Gasteiger partial charge is 0.350 e. The highest BCUT2D eigenvalue weighted by atomic mass is 32.1. The summed E-state index contributed by atoms with van der Waals surface area (Å²) in [4.78, 5) is 50.2. The van der Waals surface area contributed by atoms with Gasteiger partial charge in [0.2, 0.25) is 0 Å². The van der Waals surface area contributed by atoms with Gasteiger partial charge in [0.05, 0.1) is 43.8 Å². The summed E-state index contributed by atoms with van der Waals surface area (Å²) in [5.74, 6) is -1.89. The van der Waals surface area contributed by atoms with Gasteiger partial charge in [-0.05, 0) is 50.1 Å². The van der Waals surface area contributed by atoms with Gasteiger partial charge in [-0.25, -0.2) is 14.8 Å². The van der Waals surface area contributed by atoms with Crippen LogP contribution in [-0.4, -0.2) is 58.0 Å². The summed E-state index contributed by atoms with van der Waals surface area (Å²) < 4.78 is 18.1. The number of methoxy groups -OCH3 is 2. The van der Waals surface area contributed by atoms with Gasteiger partial charge in [-0.1, -0.05) is 43.2 Å². The van der Waals surface area contributed by atoms with Crippen LogP contribution in [0.3, 0.4) is 0 Å². The molecule has 43 heavy (non-hydrogen) atoms. The number of aliphatic hydroxyl groups excluding tert-OH is 1. The monoisotopic (exact) mass is 604 g/mol. The third kappa shape index (κ3) is 5.34. The third-order valence-corrected chi connectivity index (χ3v) is 8.38. The molecule has 224 valence electrons. The van der Waals surface area contributed by atoms with E-state index in [0.29, 0.717) is 40.7 Å². The number of Topliss-reactive ketones (excluding diaryl/α,β-unsaturated/α-hetero) is 1. The lowest BCUT2D eigenvalue weighted by Gasteiger charge is -2.24. The van der Waals surface area contributed by atoms with Gasteiger partial charge in [-0.15, -0.1) is 0 Å². The van der Waals surface area contributed by atoms with Crippen LogP contribution in [-0.2, 0) is 14.3 Å². The fraction of sp³-hybridized carbons (Fsp3) is 0.323. The number of ketones is 1. The van der Waals surface area contributed by atoms with Gasteiger partial charge < -0.3 is 19.3 Å². The number of hydrogen-bond acceptors (Lipinski definition) is 10. The summed E-state index contributed by atoms with van der Waals surface area (Å²) in [7, 11) is 2.76. The van der Waals surface area contributed by atoms with Gasteiger partial charge in [0.15, 0.2) is 22.4 Å². The Morgan fingerprint density at radius 3 is 2.56 bits per heavy atom. The molecule has 4 heterocycles. The Bertz CT molecular complexity index is 1760. The average Bonchev–Trinajstić information content (AvgIpc) is 3.64. The number of ether oxygens (including phenoxy) is 3. The Kier molecular flexibility index (Phi) is 8.49. The van der Waals surface area contributed by atoms with Gasteiger partial charge in [0, 0.05) is 6.20 Å². The highest BCUT2D eigenvalue weighted by molar-refractivity contribution is 7.17. The van der Waals surface area contributed by atoms with Crippen LogP contribution in [0.15, 0.2) is 48.2 Å². The number of carbonyl (C=O) groups is 3. The average molecular weight is 605 g/mol. The first-order valence-corrected chi connectivity index (χ1v) is 14.6. The summed E-state index contributed by atoms with van der Waals surface area (Å²) >= 11 is 0.929. The van der Waals surface area contributed by atoms with E-state index in [4.69, 9.17) is 14.2 Å². The SMILES string of the molecule is CCCCCOc1ccc(C2C(=C(O)c3c(C)nc4ccccn34)C(=O)C(=O)N2c2nc(C)c(C(=O)OC)s2)cc1OC. The van der Waals surface area contributed by atoms with Gasteiger partial charge in [0.25, 0.3) is 5.78 Å². The van der Waals surface area contributed by atoms with Crippen LogP contribution in [0.2, 0.25) is 0 Å². The van der Waals surface area contributed by atoms with Crippen molar-refractivity contribution in [1.29, 1.82) is 0 Å². The van der Waals surface area contributed by atoms with Crippen LogP contribution in [0.1, 0.15) is 64.5 Å². The van der Waals surface area contributed by atoms with Crippen molar-refractivity contribution in [3.05, 3.63) is 75.7 Å². The number of pyridine rings is 1. The molecule has 0 aliphatic carbocycles. The number of aryl methyl sites for hydroxylation is 2. The number of hydrogen-bond donors (Lipinski definition) is 1. The molecular weight excluding hydrogens is 572 g/mol. The second-order valence-electron chi connectivity index (χ2n) is 10.0. The number of esters is 1. The molecule has 11 nitrogen and oxygen atoms in total. The first kappa shape index (κ1) is 29.8. The molecule has 5 rings (SSSR count). The number of anilines is 1. The first-order valence-electron chi connectivity index (χ1n) is 13.8. The van der Waals surface area contributed by atoms with E-state index < -0.39 is 23.7 Å². The van der Waals surface area contributed by atoms with E-state index >= 15 is 0 Å². The number of unbranched alkanes of at least 4 members (excludes halogenated alkanes) is 2. The Labute approximate surface area is 252 Å². The Hall–Kier alpha value is -4.71. The molecule has 1 aliphatic rings. The van der Waals surface area contributed by atoms with Gasteiger partial charge in [-0.3, -0.25) is 18.9 Å². The van der Waals surface area contributed by atoms with Gasteiger partial charge in [0.1, 0.15) is 16.2 Å². The van der Waals surface area contributed by atoms with Crippen molar-refractivity contribution < 1.29 is 33.7 Å². The molecule has 0 bridgehead atoms. The zero-order valence-electron chi connectivity index (χ0n) is 24.5. The van der Waals surface area contributed by atoms with Crippen molar-refractivity contribution in [2.24, 2.45) is 0 Å². The Balaban J connectivity index is 1.70. The van der Waals surface area contributed by atoms with Gasteiger partial charge >= 0.3 is 11.9 Å². The minimum atomic E-state index is -1.10. The molecule has 1 atom stereocenters. The van der Waals surface area contributed by atoms with Gasteiger partial charge in [-0.2, -0.15) is 0 Å². The number of aromatic nitrogens is 3. The number of amides is 1. The van der Waals surface area contributed by atoms with Crippen LogP contribution in [0.25, 0.3) is 11.4 Å². The number of rotatable bonds is 10. The molecule has 1 aromatic carbocycles. The molecule has 4 aromatic rings. The highest BCUT2D eigenvalue weighted by Gasteiger charge is 2.49. The predicted molar refractivity (Wildman–Crippen MR) is 161 cm³/mol. The number of aliphatic hydroxyl groups is 1. The number of carbonyl (C=O) groups excluding carboxylic acids is 3. The topological polar surface area (TPSA) is 133 Å². The molecule has 1 saturated heterocycles. The normalized spacial score (nSPS) is 16.2. The summed E-state index contributed by atoms with van der Waals surface area (Å²) in [5.41, 5.74) is 1.99. The number of thiazole rings is 1. The minimum absolute atomic E-state index is 0.109. The van der Waals surface area contributed by atoms with E-state index in [9.17, 15) is 19.5 Å². The Morgan fingerprint density at radius 2 is 1.84 bits per heavy atom. The Morgan fingerprint density at radius 1 is 1.05 bits per heavy atom. The lowest BCUT2D eigenvalue weighted by atomic mass is 9.96. The fourth-order valence-corrected chi connectivity index (χ4v) is 6.16. The van der Waals surface area contributed by atoms with E-state index in [1.807, 2.05) is 6.07 Å². The van der Waals surface area contributed by atoms with Crippen molar-refractivity contribution >= 4 is 45.5 Å². The van der Waals surface area contributed by atoms with E-state index in [0.717, 1.165) is 30.6 Å². The molecule has 1 aliphatic heterocycles. The van der Waals surface area contributed by atoms with E-state index in [1.54, 1.807) is 54.8 Å². The molecular formula is C31H32N4O7S. The van der Waals surface area contributed by atoms with Crippen molar-refractivity contribution in [3.63, 3.8) is 0 Å². The van der Waals surface area contributed by atoms with Crippen LogP contribution < -0.4 is 14.4 Å². The van der Waals surface area contributed by atoms with Crippen LogP contribution in [0, 0.1) is 13.8 Å². The van der Waals surface area contributed by atoms with E-state index in [-0.39, 0.29) is 27.0 Å². The summed E-state index contributed by atoms with van der Waals surface area (Å²) in [6.45, 7) is 5.95.